The lowest BCUT2D eigenvalue weighted by molar-refractivity contribution is 0.0781. The number of ether oxygens (including phenoxy) is 1. The topological polar surface area (TPSA) is 48.1 Å². The summed E-state index contributed by atoms with van der Waals surface area (Å²) < 4.78 is 5.53. The van der Waals surface area contributed by atoms with Crippen molar-refractivity contribution in [3.63, 3.8) is 0 Å². The number of pyridine rings is 1. The Bertz CT molecular complexity index is 536. The van der Waals surface area contributed by atoms with Crippen LogP contribution in [0.5, 0.6) is 0 Å². The van der Waals surface area contributed by atoms with Gasteiger partial charge in [-0.05, 0) is 13.0 Å². The molecule has 3 rings (SSSR count). The van der Waals surface area contributed by atoms with E-state index < -0.39 is 0 Å². The lowest BCUT2D eigenvalue weighted by Crippen LogP contribution is -1.99. The lowest BCUT2D eigenvalue weighted by Gasteiger charge is -2.07. The third kappa shape index (κ3) is 1.13. The molecule has 0 aliphatic carbocycles. The van der Waals surface area contributed by atoms with Gasteiger partial charge in [-0.15, -0.1) is 0 Å². The highest BCUT2D eigenvalue weighted by Gasteiger charge is 2.24. The van der Waals surface area contributed by atoms with Crippen molar-refractivity contribution in [1.82, 2.24) is 4.98 Å². The van der Waals surface area contributed by atoms with Gasteiger partial charge in [0.15, 0.2) is 0 Å². The quantitative estimate of drug-likeness (QED) is 0.710. The predicted octanol–water partition coefficient (Wildman–Crippen LogP) is 2.41. The Morgan fingerprint density at radius 1 is 1.40 bits per heavy atom. The minimum Gasteiger partial charge on any atom is -0.398 e. The number of aromatic nitrogens is 1. The second-order valence-corrected chi connectivity index (χ2v) is 3.86. The number of hydrogen-bond donors (Lipinski definition) is 1. The summed E-state index contributed by atoms with van der Waals surface area (Å²) in [4.78, 5) is 4.59. The Balaban J connectivity index is 2.41. The highest BCUT2D eigenvalue weighted by molar-refractivity contribution is 5.92. The lowest BCUT2D eigenvalue weighted by atomic mass is 10.1. The third-order valence-electron chi connectivity index (χ3n) is 2.93. The summed E-state index contributed by atoms with van der Waals surface area (Å²) in [5.74, 6) is 0. The molecule has 3 heteroatoms. The first-order valence-electron chi connectivity index (χ1n) is 5.06. The second-order valence-electron chi connectivity index (χ2n) is 3.86. The monoisotopic (exact) mass is 200 g/mol. The van der Waals surface area contributed by atoms with Crippen LogP contribution >= 0.6 is 0 Å². The molecule has 0 saturated carbocycles. The van der Waals surface area contributed by atoms with Gasteiger partial charge in [-0.2, -0.15) is 0 Å². The van der Waals surface area contributed by atoms with Crippen LogP contribution in [0.3, 0.4) is 0 Å². The molecule has 2 aromatic rings. The maximum atomic E-state index is 6.11. The first-order valence-corrected chi connectivity index (χ1v) is 5.06. The van der Waals surface area contributed by atoms with Crippen molar-refractivity contribution in [1.29, 1.82) is 0 Å². The Labute approximate surface area is 87.9 Å². The van der Waals surface area contributed by atoms with Crippen LogP contribution in [0.4, 0.5) is 5.69 Å². The fraction of sp³-hybridized carbons (Fsp3) is 0.250. The van der Waals surface area contributed by atoms with Gasteiger partial charge >= 0.3 is 0 Å². The second kappa shape index (κ2) is 2.94. The number of benzene rings is 1. The van der Waals surface area contributed by atoms with E-state index >= 15 is 0 Å². The molecular weight excluding hydrogens is 188 g/mol. The molecule has 0 amide bonds. The largest absolute Gasteiger partial charge is 0.398 e. The average Bonchev–Trinajstić information content (AvgIpc) is 2.62. The highest BCUT2D eigenvalue weighted by Crippen LogP contribution is 2.35. The summed E-state index contributed by atoms with van der Waals surface area (Å²) in [6.07, 6.45) is 0.0620. The van der Waals surface area contributed by atoms with Crippen molar-refractivity contribution in [2.45, 2.75) is 19.6 Å². The average molecular weight is 200 g/mol. The summed E-state index contributed by atoms with van der Waals surface area (Å²) in [5.41, 5.74) is 9.93. The Morgan fingerprint density at radius 3 is 3.07 bits per heavy atom. The van der Waals surface area contributed by atoms with E-state index in [-0.39, 0.29) is 6.10 Å². The molecule has 2 N–H and O–H groups in total. The molecule has 1 atom stereocenters. The Hall–Kier alpha value is -1.61. The number of nitrogens with zero attached hydrogens (tertiary/aromatic N) is 1. The zero-order valence-electron chi connectivity index (χ0n) is 8.53. The molecule has 0 spiro atoms. The first kappa shape index (κ1) is 8.68. The zero-order chi connectivity index (χ0) is 10.4. The van der Waals surface area contributed by atoms with Crippen molar-refractivity contribution >= 4 is 16.6 Å². The molecule has 1 aliphatic rings. The smallest absolute Gasteiger partial charge is 0.0975 e. The molecule has 0 saturated heterocycles. The Morgan fingerprint density at radius 2 is 2.20 bits per heavy atom. The van der Waals surface area contributed by atoms with Gasteiger partial charge in [0.2, 0.25) is 0 Å². The molecule has 1 aromatic heterocycles. The SMILES string of the molecule is CC1OCc2c1nc1ccccc1c2N. The summed E-state index contributed by atoms with van der Waals surface area (Å²) >= 11 is 0. The molecule has 0 bridgehead atoms. The van der Waals surface area contributed by atoms with Crippen molar-refractivity contribution in [2.75, 3.05) is 5.73 Å². The Kier molecular flexibility index (Phi) is 1.70. The van der Waals surface area contributed by atoms with E-state index in [1.807, 2.05) is 31.2 Å². The fourth-order valence-electron chi connectivity index (χ4n) is 2.07. The number of anilines is 1. The maximum absolute atomic E-state index is 6.11. The van der Waals surface area contributed by atoms with Crippen molar-refractivity contribution in [2.24, 2.45) is 0 Å². The fourth-order valence-corrected chi connectivity index (χ4v) is 2.07. The van der Waals surface area contributed by atoms with Gasteiger partial charge in [-0.3, -0.25) is 0 Å². The number of nitrogens with two attached hydrogens (primary N) is 1. The molecule has 2 heterocycles. The maximum Gasteiger partial charge on any atom is 0.0975 e. The summed E-state index contributed by atoms with van der Waals surface area (Å²) in [7, 11) is 0. The summed E-state index contributed by atoms with van der Waals surface area (Å²) in [5, 5.41) is 1.02. The van der Waals surface area contributed by atoms with E-state index in [0.717, 1.165) is 27.8 Å². The molecule has 0 fully saturated rings. The molecule has 0 radical (unpaired) electrons. The van der Waals surface area contributed by atoms with Gasteiger partial charge in [-0.1, -0.05) is 18.2 Å². The normalized spacial score (nSPS) is 19.4. The van der Waals surface area contributed by atoms with Gasteiger partial charge in [0.25, 0.3) is 0 Å². The van der Waals surface area contributed by atoms with Crippen LogP contribution in [0, 0.1) is 0 Å². The number of rotatable bonds is 0. The summed E-state index contributed by atoms with van der Waals surface area (Å²) in [6, 6.07) is 7.94. The first-order chi connectivity index (χ1) is 7.27. The molecular formula is C12H12N2O. The molecule has 15 heavy (non-hydrogen) atoms. The highest BCUT2D eigenvalue weighted by atomic mass is 16.5. The summed E-state index contributed by atoms with van der Waals surface area (Å²) in [6.45, 7) is 2.59. The van der Waals surface area contributed by atoms with Crippen LogP contribution in [-0.4, -0.2) is 4.98 Å². The standard InChI is InChI=1S/C12H12N2O/c1-7-12-9(6-15-7)11(13)8-4-2-3-5-10(8)14-12/h2-5,7H,6H2,1H3,(H2,13,14). The zero-order valence-corrected chi connectivity index (χ0v) is 8.53. The van der Waals surface area contributed by atoms with Crippen LogP contribution in [-0.2, 0) is 11.3 Å². The van der Waals surface area contributed by atoms with Gasteiger partial charge in [-0.25, -0.2) is 4.98 Å². The van der Waals surface area contributed by atoms with Gasteiger partial charge < -0.3 is 10.5 Å². The van der Waals surface area contributed by atoms with Gasteiger partial charge in [0.05, 0.1) is 23.9 Å². The van der Waals surface area contributed by atoms with Crippen LogP contribution in [0.2, 0.25) is 0 Å². The number of hydrogen-bond acceptors (Lipinski definition) is 3. The van der Waals surface area contributed by atoms with Crippen molar-refractivity contribution in [3.8, 4) is 0 Å². The predicted molar refractivity (Wildman–Crippen MR) is 59.4 cm³/mol. The van der Waals surface area contributed by atoms with E-state index in [0.29, 0.717) is 6.61 Å². The minimum atomic E-state index is 0.0620. The van der Waals surface area contributed by atoms with Crippen molar-refractivity contribution < 1.29 is 4.74 Å². The molecule has 1 aliphatic heterocycles. The van der Waals surface area contributed by atoms with Gasteiger partial charge in [0, 0.05) is 16.6 Å². The van der Waals surface area contributed by atoms with Crippen LogP contribution in [0.15, 0.2) is 24.3 Å². The number of fused-ring (bicyclic) bond motifs is 2. The number of nitrogen functional groups attached to an aromatic ring is 1. The van der Waals surface area contributed by atoms with E-state index in [9.17, 15) is 0 Å². The molecule has 3 nitrogen and oxygen atoms in total. The molecule has 76 valence electrons. The van der Waals surface area contributed by atoms with Crippen molar-refractivity contribution in [3.05, 3.63) is 35.5 Å². The van der Waals surface area contributed by atoms with E-state index in [4.69, 9.17) is 10.5 Å². The van der Waals surface area contributed by atoms with Crippen LogP contribution in [0.25, 0.3) is 10.9 Å². The number of para-hydroxylation sites is 1. The van der Waals surface area contributed by atoms with E-state index in [2.05, 4.69) is 4.98 Å². The van der Waals surface area contributed by atoms with Crippen LogP contribution in [0.1, 0.15) is 24.3 Å². The molecule has 1 unspecified atom stereocenters. The van der Waals surface area contributed by atoms with E-state index in [1.54, 1.807) is 0 Å². The van der Waals surface area contributed by atoms with Crippen LogP contribution < -0.4 is 5.73 Å². The minimum absolute atomic E-state index is 0.0620. The van der Waals surface area contributed by atoms with Gasteiger partial charge in [0.1, 0.15) is 0 Å². The molecule has 1 aromatic carbocycles. The third-order valence-corrected chi connectivity index (χ3v) is 2.93. The van der Waals surface area contributed by atoms with E-state index in [1.165, 1.54) is 0 Å².